The van der Waals surface area contributed by atoms with E-state index in [1.807, 2.05) is 18.7 Å². The summed E-state index contributed by atoms with van der Waals surface area (Å²) < 4.78 is 101. The van der Waals surface area contributed by atoms with Crippen LogP contribution in [0.15, 0.2) is 94.7 Å². The number of esters is 3. The molecule has 416 valence electrons. The average Bonchev–Trinajstić information content (AvgIpc) is 3.88. The van der Waals surface area contributed by atoms with E-state index in [9.17, 15) is 36.0 Å². The molecule has 1 aliphatic heterocycles. The molecule has 1 aliphatic rings. The number of amides is 1. The zero-order valence-electron chi connectivity index (χ0n) is 43.4. The average molecular weight is 1130 g/mol. The number of aromatic nitrogens is 2. The van der Waals surface area contributed by atoms with Gasteiger partial charge in [0.2, 0.25) is 25.9 Å². The van der Waals surface area contributed by atoms with Crippen molar-refractivity contribution in [1.82, 2.24) is 13.6 Å². The molecule has 5 aromatic rings. The lowest BCUT2D eigenvalue weighted by Crippen LogP contribution is -2.52. The summed E-state index contributed by atoms with van der Waals surface area (Å²) in [6, 6.07) is 21.4. The second-order valence-corrected chi connectivity index (χ2v) is 22.0. The van der Waals surface area contributed by atoms with Crippen LogP contribution in [-0.2, 0) is 48.6 Å². The molecule has 23 nitrogen and oxygen atoms in total. The molecule has 1 aromatic heterocycles. The van der Waals surface area contributed by atoms with E-state index in [0.29, 0.717) is 69.6 Å². The van der Waals surface area contributed by atoms with Crippen LogP contribution in [0.2, 0.25) is 0 Å². The summed E-state index contributed by atoms with van der Waals surface area (Å²) in [4.78, 5) is 57.5. The predicted molar refractivity (Wildman–Crippen MR) is 286 cm³/mol. The summed E-state index contributed by atoms with van der Waals surface area (Å²) in [7, 11) is -9.02. The van der Waals surface area contributed by atoms with Gasteiger partial charge < -0.3 is 53.6 Å². The number of nitrogens with zero attached hydrogens (tertiary/aromatic N) is 4. The minimum atomic E-state index is -4.51. The Morgan fingerprint density at radius 2 is 1.23 bits per heavy atom. The van der Waals surface area contributed by atoms with E-state index < -0.39 is 85.1 Å². The number of anilines is 3. The minimum absolute atomic E-state index is 0.114. The van der Waals surface area contributed by atoms with Gasteiger partial charge in [0, 0.05) is 31.7 Å². The quantitative estimate of drug-likeness (QED) is 0.0254. The number of hydrogen-bond acceptors (Lipinski definition) is 21. The number of para-hydroxylation sites is 2. The lowest BCUT2D eigenvalue weighted by atomic mass is 10.1. The fourth-order valence-corrected chi connectivity index (χ4v) is 9.47. The Balaban J connectivity index is 1.23. The largest absolute Gasteiger partial charge is 0.470 e. The maximum Gasteiger partial charge on any atom is 0.344 e. The van der Waals surface area contributed by atoms with E-state index in [2.05, 4.69) is 19.4 Å². The maximum absolute atomic E-state index is 14.2. The van der Waals surface area contributed by atoms with Crippen LogP contribution in [0.25, 0.3) is 0 Å². The monoisotopic (exact) mass is 1120 g/mol. The van der Waals surface area contributed by atoms with Crippen molar-refractivity contribution in [2.45, 2.75) is 81.7 Å². The summed E-state index contributed by atoms with van der Waals surface area (Å²) in [6.07, 6.45) is 1.65. The first-order chi connectivity index (χ1) is 36.7. The highest BCUT2D eigenvalue weighted by molar-refractivity contribution is 7.89. The number of carbonyl (C=O) groups excluding carboxylic acids is 4. The van der Waals surface area contributed by atoms with Crippen LogP contribution in [0.1, 0.15) is 81.0 Å². The molecule has 1 atom stereocenters. The van der Waals surface area contributed by atoms with Crippen molar-refractivity contribution in [2.75, 3.05) is 81.3 Å². The first-order valence-electron chi connectivity index (χ1n) is 24.6. The van der Waals surface area contributed by atoms with E-state index in [1.54, 1.807) is 81.4 Å². The predicted octanol–water partition coefficient (Wildman–Crippen LogP) is 6.31. The van der Waals surface area contributed by atoms with Gasteiger partial charge >= 0.3 is 17.9 Å². The molecular weight excluding hydrogens is 1060 g/mol. The van der Waals surface area contributed by atoms with Gasteiger partial charge in [0.1, 0.15) is 27.9 Å². The number of hydrogen-bond donors (Lipinski definition) is 4. The molecular formula is C51H64N8O15S3. The van der Waals surface area contributed by atoms with Gasteiger partial charge in [-0.05, 0) is 82.1 Å². The van der Waals surface area contributed by atoms with Crippen LogP contribution < -0.4 is 40.0 Å². The molecule has 26 heteroatoms. The van der Waals surface area contributed by atoms with Crippen molar-refractivity contribution < 1.29 is 69.2 Å². The molecule has 4 aromatic carbocycles. The van der Waals surface area contributed by atoms with E-state index in [4.69, 9.17) is 43.4 Å². The number of ether oxygens (including phenoxy) is 7. The Morgan fingerprint density at radius 3 is 1.70 bits per heavy atom. The van der Waals surface area contributed by atoms with E-state index in [0.717, 1.165) is 36.7 Å². The van der Waals surface area contributed by atoms with Crippen molar-refractivity contribution in [1.29, 1.82) is 0 Å². The molecule has 0 saturated carbocycles. The number of carbonyl (C=O) groups is 4. The molecule has 6 rings (SSSR count). The highest BCUT2D eigenvalue weighted by Crippen LogP contribution is 2.39. The maximum atomic E-state index is 14.2. The number of nitrogens with one attached hydrogen (secondary N) is 2. The summed E-state index contributed by atoms with van der Waals surface area (Å²) in [6.45, 7) is 9.00. The van der Waals surface area contributed by atoms with Gasteiger partial charge in [-0.25, -0.2) is 41.5 Å². The molecule has 0 spiro atoms. The van der Waals surface area contributed by atoms with Crippen molar-refractivity contribution >= 4 is 72.8 Å². The molecule has 6 N–H and O–H groups in total. The number of rotatable bonds is 27. The molecule has 1 amide bonds. The van der Waals surface area contributed by atoms with Crippen LogP contribution in [-0.4, -0.2) is 132 Å². The summed E-state index contributed by atoms with van der Waals surface area (Å²) >= 11 is 0.889. The molecule has 77 heavy (non-hydrogen) atoms. The normalized spacial score (nSPS) is 13.2. The molecule has 1 fully saturated rings. The zero-order valence-corrected chi connectivity index (χ0v) is 45.8. The fourth-order valence-electron chi connectivity index (χ4n) is 7.55. The topological polar surface area (TPSA) is 310 Å². The number of unbranched alkanes of at least 4 members (excludes halogenated alkanes) is 2. The highest BCUT2D eigenvalue weighted by atomic mass is 32.2. The van der Waals surface area contributed by atoms with Crippen LogP contribution in [0.3, 0.4) is 0 Å². The number of primary sulfonamides is 2. The molecule has 0 radical (unpaired) electrons. The molecule has 2 heterocycles. The first-order valence-corrected chi connectivity index (χ1v) is 28.5. The van der Waals surface area contributed by atoms with Crippen LogP contribution in [0, 0.1) is 0 Å². The third-order valence-corrected chi connectivity index (χ3v) is 13.7. The van der Waals surface area contributed by atoms with Gasteiger partial charge in [-0.1, -0.05) is 63.1 Å². The SMILES string of the molecule is CCCCNc1cc(C(=O)OCC(=O)O[C@H](COc2nsnc2N2CCOCC2)CN(C(=O)COC(=O)c2cc(NCCCC)c(Oc3ccccc3)c(S(N)(=O)=O)c2)C(C)(C)C)cc(S(N)(=O)=O)c1Oc1ccccc1. The number of nitrogens with two attached hydrogens (primary N) is 2. The van der Waals surface area contributed by atoms with Crippen LogP contribution in [0.5, 0.6) is 28.9 Å². The summed E-state index contributed by atoms with van der Waals surface area (Å²) in [5, 5.41) is 17.5. The van der Waals surface area contributed by atoms with Gasteiger partial charge in [-0.15, -0.1) is 4.37 Å². The highest BCUT2D eigenvalue weighted by Gasteiger charge is 2.34. The smallest absolute Gasteiger partial charge is 0.344 e. The Bertz CT molecular complexity index is 3040. The second kappa shape index (κ2) is 27.3. The minimum Gasteiger partial charge on any atom is -0.470 e. The van der Waals surface area contributed by atoms with Crippen LogP contribution in [0.4, 0.5) is 17.2 Å². The Hall–Kier alpha value is -7.10. The van der Waals surface area contributed by atoms with Gasteiger partial charge in [-0.3, -0.25) is 4.79 Å². The second-order valence-electron chi connectivity index (χ2n) is 18.4. The molecule has 0 bridgehead atoms. The Morgan fingerprint density at radius 1 is 0.740 bits per heavy atom. The van der Waals surface area contributed by atoms with E-state index in [-0.39, 0.29) is 46.4 Å². The van der Waals surface area contributed by atoms with Gasteiger partial charge in [-0.2, -0.15) is 4.37 Å². The number of benzene rings is 4. The lowest BCUT2D eigenvalue weighted by Gasteiger charge is -2.37. The Kier molecular flexibility index (Phi) is 21.0. The lowest BCUT2D eigenvalue weighted by molar-refractivity contribution is -0.159. The van der Waals surface area contributed by atoms with Gasteiger partial charge in [0.15, 0.2) is 30.8 Å². The van der Waals surface area contributed by atoms with E-state index >= 15 is 0 Å². The van der Waals surface area contributed by atoms with Crippen LogP contribution >= 0.6 is 11.7 Å². The van der Waals surface area contributed by atoms with Crippen molar-refractivity contribution in [3.8, 4) is 28.9 Å². The standard InChI is InChI=1S/C51H64N8O15S3/c1-6-8-20-54-39-26-34(28-41(76(52,64)65)45(39)73-36-16-12-10-13-17-36)49(62)70-32-43(60)59(51(3,4)5)30-38(31-69-48-47(56-75-57-48)58-22-24-68-25-23-58)72-44(61)33-71-50(63)35-27-40(55-21-9-7-2)46(42(29-35)77(53,66)67)74-37-18-14-11-15-19-37/h10-19,26-29,38,54-55H,6-9,20-25,30-33H2,1-5H3,(H2,52,64,65)(H2,53,66,67)/t38-/m0/s1. The summed E-state index contributed by atoms with van der Waals surface area (Å²) in [5.41, 5.74) is -1.32. The third-order valence-electron chi connectivity index (χ3n) is 11.4. The number of sulfonamides is 2. The molecule has 0 aliphatic carbocycles. The number of morpholine rings is 1. The van der Waals surface area contributed by atoms with Gasteiger partial charge in [0.25, 0.3) is 11.8 Å². The fraction of sp³-hybridized carbons (Fsp3) is 0.412. The third kappa shape index (κ3) is 17.2. The molecule has 0 unspecified atom stereocenters. The summed E-state index contributed by atoms with van der Waals surface area (Å²) in [5.74, 6) is -3.19. The molecule has 1 saturated heterocycles. The van der Waals surface area contributed by atoms with Crippen molar-refractivity contribution in [2.24, 2.45) is 10.3 Å². The Labute approximate surface area is 451 Å². The van der Waals surface area contributed by atoms with Gasteiger partial charge in [0.05, 0.1) is 54.0 Å². The van der Waals surface area contributed by atoms with E-state index in [1.165, 1.54) is 17.0 Å². The zero-order chi connectivity index (χ0) is 55.8. The first kappa shape index (κ1) is 59.1. The van der Waals surface area contributed by atoms with Crippen molar-refractivity contribution in [3.63, 3.8) is 0 Å². The van der Waals surface area contributed by atoms with Crippen molar-refractivity contribution in [3.05, 3.63) is 96.1 Å².